The van der Waals surface area contributed by atoms with Gasteiger partial charge < -0.3 is 16.2 Å². The summed E-state index contributed by atoms with van der Waals surface area (Å²) in [6, 6.07) is 1.34. The van der Waals surface area contributed by atoms with E-state index in [1.165, 1.54) is 0 Å². The Kier molecular flexibility index (Phi) is 5.03. The van der Waals surface area contributed by atoms with Gasteiger partial charge in [-0.25, -0.2) is 8.78 Å². The van der Waals surface area contributed by atoms with Crippen molar-refractivity contribution in [2.75, 3.05) is 12.3 Å². The van der Waals surface area contributed by atoms with Gasteiger partial charge in [0.2, 0.25) is 0 Å². The molecule has 0 bridgehead atoms. The highest BCUT2D eigenvalue weighted by Gasteiger charge is 2.16. The standard InChI is InChI=1S/C12H16F2N2O2/c1-7(3-2-4-17)16-12(18)8-5-11(15)10(14)6-9(8)13/h5-7,17H,2-4,15H2,1H3,(H,16,18). The van der Waals surface area contributed by atoms with Gasteiger partial charge >= 0.3 is 0 Å². The molecule has 0 fully saturated rings. The molecule has 4 nitrogen and oxygen atoms in total. The Morgan fingerprint density at radius 2 is 2.11 bits per heavy atom. The summed E-state index contributed by atoms with van der Waals surface area (Å²) in [5.74, 6) is -2.49. The van der Waals surface area contributed by atoms with Crippen LogP contribution in [0.2, 0.25) is 0 Å². The summed E-state index contributed by atoms with van der Waals surface area (Å²) in [6.07, 6.45) is 1.11. The third-order valence-electron chi connectivity index (χ3n) is 2.50. The molecule has 0 radical (unpaired) electrons. The number of carbonyl (C=O) groups is 1. The lowest BCUT2D eigenvalue weighted by Gasteiger charge is -2.14. The predicted molar refractivity (Wildman–Crippen MR) is 64.0 cm³/mol. The van der Waals surface area contributed by atoms with E-state index in [-0.39, 0.29) is 23.9 Å². The number of nitrogen functional groups attached to an aromatic ring is 1. The van der Waals surface area contributed by atoms with Crippen LogP contribution in [0.25, 0.3) is 0 Å². The monoisotopic (exact) mass is 258 g/mol. The Morgan fingerprint density at radius 1 is 1.44 bits per heavy atom. The third-order valence-corrected chi connectivity index (χ3v) is 2.50. The van der Waals surface area contributed by atoms with Gasteiger partial charge in [0.05, 0.1) is 11.3 Å². The van der Waals surface area contributed by atoms with Crippen molar-refractivity contribution in [2.24, 2.45) is 0 Å². The summed E-state index contributed by atoms with van der Waals surface area (Å²) in [5, 5.41) is 11.2. The highest BCUT2D eigenvalue weighted by atomic mass is 19.1. The summed E-state index contributed by atoms with van der Waals surface area (Å²) in [7, 11) is 0. The van der Waals surface area contributed by atoms with Gasteiger partial charge in [0, 0.05) is 18.7 Å². The van der Waals surface area contributed by atoms with Crippen LogP contribution in [0.1, 0.15) is 30.1 Å². The molecule has 6 heteroatoms. The van der Waals surface area contributed by atoms with E-state index in [1.807, 2.05) is 0 Å². The van der Waals surface area contributed by atoms with E-state index in [0.717, 1.165) is 6.07 Å². The van der Waals surface area contributed by atoms with E-state index in [4.69, 9.17) is 10.8 Å². The Labute approximate surface area is 104 Å². The topological polar surface area (TPSA) is 75.3 Å². The molecular weight excluding hydrogens is 242 g/mol. The van der Waals surface area contributed by atoms with Crippen LogP contribution in [-0.4, -0.2) is 23.7 Å². The highest BCUT2D eigenvalue weighted by molar-refractivity contribution is 5.95. The molecule has 18 heavy (non-hydrogen) atoms. The van der Waals surface area contributed by atoms with Crippen molar-refractivity contribution in [3.63, 3.8) is 0 Å². The molecule has 1 rings (SSSR count). The van der Waals surface area contributed by atoms with E-state index in [9.17, 15) is 13.6 Å². The fraction of sp³-hybridized carbons (Fsp3) is 0.417. The van der Waals surface area contributed by atoms with Crippen LogP contribution >= 0.6 is 0 Å². The largest absolute Gasteiger partial charge is 0.396 e. The molecule has 1 aromatic rings. The molecule has 0 aromatic heterocycles. The number of rotatable bonds is 5. The number of aliphatic hydroxyl groups is 1. The van der Waals surface area contributed by atoms with Crippen molar-refractivity contribution >= 4 is 11.6 Å². The molecule has 0 spiro atoms. The minimum Gasteiger partial charge on any atom is -0.396 e. The molecule has 100 valence electrons. The number of hydrogen-bond acceptors (Lipinski definition) is 3. The van der Waals surface area contributed by atoms with Crippen molar-refractivity contribution in [1.29, 1.82) is 0 Å². The summed E-state index contributed by atoms with van der Waals surface area (Å²) in [5.41, 5.74) is 4.72. The second kappa shape index (κ2) is 6.30. The lowest BCUT2D eigenvalue weighted by Crippen LogP contribution is -2.33. The first-order valence-corrected chi connectivity index (χ1v) is 5.62. The number of anilines is 1. The Bertz CT molecular complexity index is 438. The molecule has 0 heterocycles. The second-order valence-corrected chi connectivity index (χ2v) is 4.09. The fourth-order valence-electron chi connectivity index (χ4n) is 1.51. The number of halogens is 2. The molecular formula is C12H16F2N2O2. The smallest absolute Gasteiger partial charge is 0.254 e. The molecule has 0 aliphatic heterocycles. The van der Waals surface area contributed by atoms with Crippen molar-refractivity contribution in [3.05, 3.63) is 29.3 Å². The van der Waals surface area contributed by atoms with Gasteiger partial charge in [-0.05, 0) is 25.8 Å². The van der Waals surface area contributed by atoms with Crippen LogP contribution in [0.15, 0.2) is 12.1 Å². The highest BCUT2D eigenvalue weighted by Crippen LogP contribution is 2.16. The lowest BCUT2D eigenvalue weighted by atomic mass is 10.1. The van der Waals surface area contributed by atoms with Crippen LogP contribution in [0.3, 0.4) is 0 Å². The number of nitrogens with two attached hydrogens (primary N) is 1. The molecule has 1 atom stereocenters. The number of hydrogen-bond donors (Lipinski definition) is 3. The van der Waals surface area contributed by atoms with Crippen molar-refractivity contribution in [3.8, 4) is 0 Å². The van der Waals surface area contributed by atoms with Gasteiger partial charge in [-0.2, -0.15) is 0 Å². The number of benzene rings is 1. The number of aliphatic hydroxyl groups excluding tert-OH is 1. The van der Waals surface area contributed by atoms with Crippen LogP contribution in [-0.2, 0) is 0 Å². The maximum atomic E-state index is 13.4. The summed E-state index contributed by atoms with van der Waals surface area (Å²) in [6.45, 7) is 1.76. The lowest BCUT2D eigenvalue weighted by molar-refractivity contribution is 0.0932. The van der Waals surface area contributed by atoms with E-state index < -0.39 is 17.5 Å². The Morgan fingerprint density at radius 3 is 2.72 bits per heavy atom. The third kappa shape index (κ3) is 3.66. The molecule has 1 unspecified atom stereocenters. The van der Waals surface area contributed by atoms with Crippen LogP contribution in [0, 0.1) is 11.6 Å². The quantitative estimate of drug-likeness (QED) is 0.699. The molecule has 1 aromatic carbocycles. The van der Waals surface area contributed by atoms with Gasteiger partial charge in [-0.15, -0.1) is 0 Å². The van der Waals surface area contributed by atoms with Gasteiger partial charge in [0.1, 0.15) is 11.6 Å². The van der Waals surface area contributed by atoms with Crippen LogP contribution in [0.5, 0.6) is 0 Å². The maximum absolute atomic E-state index is 13.4. The normalized spacial score (nSPS) is 12.2. The average Bonchev–Trinajstić information content (AvgIpc) is 2.31. The number of carbonyl (C=O) groups excluding carboxylic acids is 1. The van der Waals surface area contributed by atoms with Crippen molar-refractivity contribution in [2.45, 2.75) is 25.8 Å². The Hall–Kier alpha value is -1.69. The van der Waals surface area contributed by atoms with Gasteiger partial charge in [0.15, 0.2) is 0 Å². The van der Waals surface area contributed by atoms with E-state index >= 15 is 0 Å². The molecule has 4 N–H and O–H groups in total. The van der Waals surface area contributed by atoms with Gasteiger partial charge in [-0.3, -0.25) is 4.79 Å². The predicted octanol–water partition coefficient (Wildman–Crippen LogP) is 1.44. The zero-order valence-corrected chi connectivity index (χ0v) is 10.0. The van der Waals surface area contributed by atoms with Gasteiger partial charge in [-0.1, -0.05) is 0 Å². The molecule has 1 amide bonds. The molecule has 0 saturated heterocycles. The van der Waals surface area contributed by atoms with E-state index in [1.54, 1.807) is 6.92 Å². The fourth-order valence-corrected chi connectivity index (χ4v) is 1.51. The zero-order chi connectivity index (χ0) is 13.7. The van der Waals surface area contributed by atoms with Crippen LogP contribution < -0.4 is 11.1 Å². The van der Waals surface area contributed by atoms with Crippen molar-refractivity contribution < 1.29 is 18.7 Å². The van der Waals surface area contributed by atoms with E-state index in [0.29, 0.717) is 18.9 Å². The summed E-state index contributed by atoms with van der Waals surface area (Å²) in [4.78, 5) is 11.7. The average molecular weight is 258 g/mol. The first kappa shape index (κ1) is 14.4. The first-order chi connectivity index (χ1) is 8.45. The van der Waals surface area contributed by atoms with E-state index in [2.05, 4.69) is 5.32 Å². The molecule has 0 aliphatic rings. The van der Waals surface area contributed by atoms with Crippen LogP contribution in [0.4, 0.5) is 14.5 Å². The summed E-state index contributed by atoms with van der Waals surface area (Å²) >= 11 is 0. The van der Waals surface area contributed by atoms with Gasteiger partial charge in [0.25, 0.3) is 5.91 Å². The van der Waals surface area contributed by atoms with Crippen molar-refractivity contribution in [1.82, 2.24) is 5.32 Å². The first-order valence-electron chi connectivity index (χ1n) is 5.62. The minimum absolute atomic E-state index is 0.0259. The molecule has 0 aliphatic carbocycles. The SMILES string of the molecule is CC(CCCO)NC(=O)c1cc(N)c(F)cc1F. The molecule has 0 saturated carbocycles. The second-order valence-electron chi connectivity index (χ2n) is 4.09. The Balaban J connectivity index is 2.75. The zero-order valence-electron chi connectivity index (χ0n) is 10.0. The number of nitrogens with one attached hydrogen (secondary N) is 1. The summed E-state index contributed by atoms with van der Waals surface area (Å²) < 4.78 is 26.3. The minimum atomic E-state index is -0.950. The number of amides is 1. The maximum Gasteiger partial charge on any atom is 0.254 e.